The molecule has 0 aromatic heterocycles. The van der Waals surface area contributed by atoms with Gasteiger partial charge in [-0.3, -0.25) is 4.79 Å². The number of hydrogen-bond acceptors (Lipinski definition) is 3. The van der Waals surface area contributed by atoms with Gasteiger partial charge in [-0.1, -0.05) is 25.3 Å². The number of nitrogens with one attached hydrogen (secondary N) is 2. The van der Waals surface area contributed by atoms with E-state index in [1.807, 2.05) is 25.1 Å². The molecular weight excluding hydrogens is 318 g/mol. The third-order valence-electron chi connectivity index (χ3n) is 4.57. The third kappa shape index (κ3) is 5.66. The molecule has 3 amide bonds. The Kier molecular flexibility index (Phi) is 7.10. The van der Waals surface area contributed by atoms with E-state index in [-0.39, 0.29) is 18.0 Å². The fourth-order valence-electron chi connectivity index (χ4n) is 3.22. The highest BCUT2D eigenvalue weighted by Crippen LogP contribution is 2.29. The number of carbonyl (C=O) groups is 2. The van der Waals surface area contributed by atoms with Gasteiger partial charge in [0.05, 0.1) is 12.8 Å². The van der Waals surface area contributed by atoms with Crippen LogP contribution in [0.1, 0.15) is 44.6 Å². The highest BCUT2D eigenvalue weighted by Gasteiger charge is 2.18. The van der Waals surface area contributed by atoms with Gasteiger partial charge in [-0.2, -0.15) is 0 Å². The SMILES string of the molecule is COc1ccc(C)cc1N(CCNC(=O)NC1CCCCC1)C(C)=O. The van der Waals surface area contributed by atoms with Gasteiger partial charge in [-0.15, -0.1) is 0 Å². The van der Waals surface area contributed by atoms with E-state index in [2.05, 4.69) is 10.6 Å². The lowest BCUT2D eigenvalue weighted by atomic mass is 9.96. The molecule has 0 spiro atoms. The van der Waals surface area contributed by atoms with Gasteiger partial charge >= 0.3 is 6.03 Å². The molecule has 0 bridgehead atoms. The first kappa shape index (κ1) is 19.1. The predicted molar refractivity (Wildman–Crippen MR) is 99.2 cm³/mol. The van der Waals surface area contributed by atoms with Crippen LogP contribution in [-0.2, 0) is 4.79 Å². The largest absolute Gasteiger partial charge is 0.495 e. The first-order chi connectivity index (χ1) is 12.0. The molecule has 2 N–H and O–H groups in total. The fraction of sp³-hybridized carbons (Fsp3) is 0.579. The Balaban J connectivity index is 1.90. The van der Waals surface area contributed by atoms with Crippen molar-refractivity contribution in [2.45, 2.75) is 52.0 Å². The summed E-state index contributed by atoms with van der Waals surface area (Å²) in [6.45, 7) is 4.27. The number of amides is 3. The van der Waals surface area contributed by atoms with Gasteiger partial charge in [0, 0.05) is 26.1 Å². The van der Waals surface area contributed by atoms with Crippen molar-refractivity contribution >= 4 is 17.6 Å². The number of benzene rings is 1. The van der Waals surface area contributed by atoms with Crippen LogP contribution < -0.4 is 20.3 Å². The molecular formula is C19H29N3O3. The Hall–Kier alpha value is -2.24. The number of hydrogen-bond donors (Lipinski definition) is 2. The summed E-state index contributed by atoms with van der Waals surface area (Å²) in [5.74, 6) is 0.561. The minimum atomic E-state index is -0.161. The van der Waals surface area contributed by atoms with Crippen molar-refractivity contribution in [1.29, 1.82) is 0 Å². The zero-order valence-corrected chi connectivity index (χ0v) is 15.4. The summed E-state index contributed by atoms with van der Waals surface area (Å²) >= 11 is 0. The summed E-state index contributed by atoms with van der Waals surface area (Å²) in [5, 5.41) is 5.87. The van der Waals surface area contributed by atoms with Crippen LogP contribution in [0.2, 0.25) is 0 Å². The first-order valence-electron chi connectivity index (χ1n) is 8.98. The topological polar surface area (TPSA) is 70.7 Å². The minimum Gasteiger partial charge on any atom is -0.495 e. The molecule has 1 saturated carbocycles. The third-order valence-corrected chi connectivity index (χ3v) is 4.57. The number of ether oxygens (including phenoxy) is 1. The summed E-state index contributed by atoms with van der Waals surface area (Å²) in [6.07, 6.45) is 5.71. The Morgan fingerprint density at radius 1 is 1.24 bits per heavy atom. The lowest BCUT2D eigenvalue weighted by molar-refractivity contribution is -0.116. The summed E-state index contributed by atoms with van der Waals surface area (Å²) in [7, 11) is 1.59. The molecule has 0 radical (unpaired) electrons. The van der Waals surface area contributed by atoms with Crippen LogP contribution in [-0.4, -0.2) is 38.2 Å². The molecule has 2 rings (SSSR count). The van der Waals surface area contributed by atoms with Gasteiger partial charge in [0.1, 0.15) is 5.75 Å². The molecule has 0 heterocycles. The van der Waals surface area contributed by atoms with E-state index in [1.165, 1.54) is 26.2 Å². The average Bonchev–Trinajstić information content (AvgIpc) is 2.59. The maximum absolute atomic E-state index is 12.1. The van der Waals surface area contributed by atoms with Gasteiger partial charge < -0.3 is 20.3 Å². The van der Waals surface area contributed by atoms with E-state index in [1.54, 1.807) is 12.0 Å². The summed E-state index contributed by atoms with van der Waals surface area (Å²) < 4.78 is 5.37. The monoisotopic (exact) mass is 347 g/mol. The van der Waals surface area contributed by atoms with Crippen molar-refractivity contribution in [1.82, 2.24) is 10.6 Å². The standard InChI is InChI=1S/C19H29N3O3/c1-14-9-10-18(25-3)17(13-14)22(15(2)23)12-11-20-19(24)21-16-7-5-4-6-8-16/h9-10,13,16H,4-8,11-12H2,1-3H3,(H2,20,21,24). The predicted octanol–water partition coefficient (Wildman–Crippen LogP) is 2.99. The molecule has 25 heavy (non-hydrogen) atoms. The molecule has 138 valence electrons. The maximum Gasteiger partial charge on any atom is 0.315 e. The van der Waals surface area contributed by atoms with E-state index < -0.39 is 0 Å². The Morgan fingerprint density at radius 3 is 2.60 bits per heavy atom. The van der Waals surface area contributed by atoms with Crippen molar-refractivity contribution < 1.29 is 14.3 Å². The number of anilines is 1. The smallest absolute Gasteiger partial charge is 0.315 e. The molecule has 6 nitrogen and oxygen atoms in total. The molecule has 0 unspecified atom stereocenters. The van der Waals surface area contributed by atoms with Crippen LogP contribution in [0.5, 0.6) is 5.75 Å². The second kappa shape index (κ2) is 9.30. The van der Waals surface area contributed by atoms with E-state index in [0.29, 0.717) is 18.8 Å². The lowest BCUT2D eigenvalue weighted by Crippen LogP contribution is -2.45. The van der Waals surface area contributed by atoms with Gasteiger partial charge in [-0.25, -0.2) is 4.79 Å². The van der Waals surface area contributed by atoms with Gasteiger partial charge in [0.2, 0.25) is 5.91 Å². The number of urea groups is 1. The second-order valence-corrected chi connectivity index (χ2v) is 6.58. The van der Waals surface area contributed by atoms with Crippen molar-refractivity contribution in [2.24, 2.45) is 0 Å². The quantitative estimate of drug-likeness (QED) is 0.831. The van der Waals surface area contributed by atoms with E-state index >= 15 is 0 Å². The van der Waals surface area contributed by atoms with Crippen LogP contribution in [0, 0.1) is 6.92 Å². The number of aryl methyl sites for hydroxylation is 1. The molecule has 0 saturated heterocycles. The molecule has 1 aliphatic carbocycles. The van der Waals surface area contributed by atoms with Crippen LogP contribution in [0.3, 0.4) is 0 Å². The van der Waals surface area contributed by atoms with E-state index in [0.717, 1.165) is 24.1 Å². The molecule has 1 aliphatic rings. The van der Waals surface area contributed by atoms with Crippen molar-refractivity contribution in [3.63, 3.8) is 0 Å². The Morgan fingerprint density at radius 2 is 1.96 bits per heavy atom. The van der Waals surface area contributed by atoms with Crippen molar-refractivity contribution in [2.75, 3.05) is 25.1 Å². The number of rotatable bonds is 6. The minimum absolute atomic E-state index is 0.0848. The van der Waals surface area contributed by atoms with Gasteiger partial charge in [0.15, 0.2) is 0 Å². The zero-order valence-electron chi connectivity index (χ0n) is 15.4. The summed E-state index contributed by atoms with van der Waals surface area (Å²) in [6, 6.07) is 5.82. The molecule has 6 heteroatoms. The van der Waals surface area contributed by atoms with Crippen LogP contribution >= 0.6 is 0 Å². The maximum atomic E-state index is 12.1. The van der Waals surface area contributed by atoms with Crippen LogP contribution in [0.15, 0.2) is 18.2 Å². The van der Waals surface area contributed by atoms with Crippen molar-refractivity contribution in [3.05, 3.63) is 23.8 Å². The molecule has 1 fully saturated rings. The highest BCUT2D eigenvalue weighted by atomic mass is 16.5. The summed E-state index contributed by atoms with van der Waals surface area (Å²) in [5.41, 5.74) is 1.77. The van der Waals surface area contributed by atoms with E-state index in [4.69, 9.17) is 4.74 Å². The highest BCUT2D eigenvalue weighted by molar-refractivity contribution is 5.93. The van der Waals surface area contributed by atoms with Crippen LogP contribution in [0.4, 0.5) is 10.5 Å². The molecule has 0 atom stereocenters. The van der Waals surface area contributed by atoms with Gasteiger partial charge in [0.25, 0.3) is 0 Å². The Bertz CT molecular complexity index is 598. The normalized spacial score (nSPS) is 14.7. The number of methoxy groups -OCH3 is 1. The molecule has 0 aliphatic heterocycles. The van der Waals surface area contributed by atoms with E-state index in [9.17, 15) is 9.59 Å². The average molecular weight is 347 g/mol. The molecule has 1 aromatic rings. The van der Waals surface area contributed by atoms with Crippen molar-refractivity contribution in [3.8, 4) is 5.75 Å². The zero-order chi connectivity index (χ0) is 18.2. The molecule has 1 aromatic carbocycles. The summed E-state index contributed by atoms with van der Waals surface area (Å²) in [4.78, 5) is 25.7. The first-order valence-corrected chi connectivity index (χ1v) is 8.98. The fourth-order valence-corrected chi connectivity index (χ4v) is 3.22. The Labute approximate surface area is 149 Å². The number of nitrogens with zero attached hydrogens (tertiary/aromatic N) is 1. The van der Waals surface area contributed by atoms with Gasteiger partial charge in [-0.05, 0) is 37.5 Å². The second-order valence-electron chi connectivity index (χ2n) is 6.58. The van der Waals surface area contributed by atoms with Crippen LogP contribution in [0.25, 0.3) is 0 Å². The number of carbonyl (C=O) groups excluding carboxylic acids is 2. The lowest BCUT2D eigenvalue weighted by Gasteiger charge is -2.25.